The molecule has 0 N–H and O–H groups in total. The van der Waals surface area contributed by atoms with Gasteiger partial charge in [-0.3, -0.25) is 0 Å². The maximum Gasteiger partial charge on any atom is 0.343 e. The molecule has 1 fully saturated rings. The van der Waals surface area contributed by atoms with Crippen molar-refractivity contribution in [2.24, 2.45) is 0 Å². The van der Waals surface area contributed by atoms with Crippen molar-refractivity contribution in [1.29, 1.82) is 0 Å². The highest BCUT2D eigenvalue weighted by atomic mass is 32.2. The quantitative estimate of drug-likeness (QED) is 0.547. The molecule has 156 valence electrons. The molecule has 0 bridgehead atoms. The Morgan fingerprint density at radius 2 is 1.66 bits per heavy atom. The molecule has 0 unspecified atom stereocenters. The van der Waals surface area contributed by atoms with E-state index in [1.165, 1.54) is 35.7 Å². The normalized spacial score (nSPS) is 20.3. The smallest absolute Gasteiger partial charge is 0.343 e. The van der Waals surface area contributed by atoms with E-state index < -0.39 is 16.0 Å². The summed E-state index contributed by atoms with van der Waals surface area (Å²) in [5.74, 6) is 0.161. The number of carbonyl (C=O) groups is 1. The van der Waals surface area contributed by atoms with Gasteiger partial charge < -0.3 is 14.2 Å². The number of methoxy groups -OCH3 is 1. The highest BCUT2D eigenvalue weighted by molar-refractivity contribution is 7.89. The Morgan fingerprint density at radius 1 is 1.03 bits per heavy atom. The standard InChI is InChI=1S/C21H25NO6S/c1-14-5-10-19(20(11-14)26-4)28-21(23)17-6-8-18(9-7-17)29(24,25)22-12-15(2)27-16(3)13-22/h5-11,15-16H,12-13H2,1-4H3/t15-,16-/m1/s1. The maximum atomic E-state index is 12.9. The number of rotatable bonds is 5. The van der Waals surface area contributed by atoms with Crippen molar-refractivity contribution in [2.45, 2.75) is 37.9 Å². The third kappa shape index (κ3) is 4.77. The second-order valence-electron chi connectivity index (χ2n) is 7.15. The highest BCUT2D eigenvalue weighted by Crippen LogP contribution is 2.29. The van der Waals surface area contributed by atoms with E-state index in [1.807, 2.05) is 26.8 Å². The minimum atomic E-state index is -3.66. The van der Waals surface area contributed by atoms with Gasteiger partial charge in [0.2, 0.25) is 10.0 Å². The minimum Gasteiger partial charge on any atom is -0.493 e. The monoisotopic (exact) mass is 419 g/mol. The summed E-state index contributed by atoms with van der Waals surface area (Å²) >= 11 is 0. The maximum absolute atomic E-state index is 12.9. The molecule has 8 heteroatoms. The average Bonchev–Trinajstić information content (AvgIpc) is 2.68. The van der Waals surface area contributed by atoms with Crippen molar-refractivity contribution in [1.82, 2.24) is 4.31 Å². The summed E-state index contributed by atoms with van der Waals surface area (Å²) in [5.41, 5.74) is 1.22. The van der Waals surface area contributed by atoms with Crippen LogP contribution in [0.1, 0.15) is 29.8 Å². The van der Waals surface area contributed by atoms with Crippen LogP contribution in [0.2, 0.25) is 0 Å². The molecule has 2 aromatic carbocycles. The van der Waals surface area contributed by atoms with Gasteiger partial charge in [-0.2, -0.15) is 4.31 Å². The largest absolute Gasteiger partial charge is 0.493 e. The summed E-state index contributed by atoms with van der Waals surface area (Å²) in [5, 5.41) is 0. The fourth-order valence-corrected chi connectivity index (χ4v) is 4.85. The number of hydrogen-bond acceptors (Lipinski definition) is 6. The number of esters is 1. The van der Waals surface area contributed by atoms with E-state index in [2.05, 4.69) is 0 Å². The van der Waals surface area contributed by atoms with Crippen LogP contribution in [0, 0.1) is 6.92 Å². The number of sulfonamides is 1. The van der Waals surface area contributed by atoms with Crippen LogP contribution in [-0.4, -0.2) is 51.1 Å². The zero-order valence-electron chi connectivity index (χ0n) is 16.9. The Labute approximate surface area is 171 Å². The van der Waals surface area contributed by atoms with Crippen molar-refractivity contribution >= 4 is 16.0 Å². The van der Waals surface area contributed by atoms with Crippen molar-refractivity contribution in [3.63, 3.8) is 0 Å². The fraction of sp³-hybridized carbons (Fsp3) is 0.381. The number of morpholine rings is 1. The first-order valence-corrected chi connectivity index (χ1v) is 10.8. The molecule has 1 heterocycles. The van der Waals surface area contributed by atoms with Crippen molar-refractivity contribution in [3.8, 4) is 11.5 Å². The van der Waals surface area contributed by atoms with Crippen molar-refractivity contribution in [3.05, 3.63) is 53.6 Å². The Morgan fingerprint density at radius 3 is 2.24 bits per heavy atom. The number of aryl methyl sites for hydroxylation is 1. The summed E-state index contributed by atoms with van der Waals surface area (Å²) < 4.78 is 43.5. The van der Waals surface area contributed by atoms with E-state index in [0.29, 0.717) is 24.6 Å². The van der Waals surface area contributed by atoms with Gasteiger partial charge in [0.05, 0.1) is 29.8 Å². The lowest BCUT2D eigenvalue weighted by atomic mass is 10.2. The molecule has 3 rings (SSSR count). The molecule has 0 spiro atoms. The zero-order chi connectivity index (χ0) is 21.2. The molecular weight excluding hydrogens is 394 g/mol. The molecule has 1 aliphatic heterocycles. The molecule has 0 aromatic heterocycles. The van der Waals surface area contributed by atoms with Crippen LogP contribution < -0.4 is 9.47 Å². The average molecular weight is 419 g/mol. The first-order chi connectivity index (χ1) is 13.7. The molecule has 2 atom stereocenters. The lowest BCUT2D eigenvalue weighted by Crippen LogP contribution is -2.48. The van der Waals surface area contributed by atoms with Gasteiger partial charge in [0.1, 0.15) is 0 Å². The van der Waals surface area contributed by atoms with Crippen LogP contribution >= 0.6 is 0 Å². The number of carbonyl (C=O) groups excluding carboxylic acids is 1. The third-order valence-corrected chi connectivity index (χ3v) is 6.48. The van der Waals surface area contributed by atoms with Gasteiger partial charge in [-0.1, -0.05) is 6.07 Å². The van der Waals surface area contributed by atoms with Gasteiger partial charge in [0.25, 0.3) is 0 Å². The number of nitrogens with zero attached hydrogens (tertiary/aromatic N) is 1. The topological polar surface area (TPSA) is 82.1 Å². The molecule has 0 aliphatic carbocycles. The van der Waals surface area contributed by atoms with Crippen molar-refractivity contribution < 1.29 is 27.4 Å². The van der Waals surface area contributed by atoms with Crippen LogP contribution in [0.25, 0.3) is 0 Å². The van der Waals surface area contributed by atoms with Crippen molar-refractivity contribution in [2.75, 3.05) is 20.2 Å². The first kappa shape index (κ1) is 21.3. The van der Waals surface area contributed by atoms with Crippen LogP contribution in [-0.2, 0) is 14.8 Å². The lowest BCUT2D eigenvalue weighted by molar-refractivity contribution is -0.0440. The lowest BCUT2D eigenvalue weighted by Gasteiger charge is -2.34. The van der Waals surface area contributed by atoms with E-state index in [1.54, 1.807) is 12.1 Å². The van der Waals surface area contributed by atoms with Crippen LogP contribution in [0.15, 0.2) is 47.4 Å². The molecule has 1 saturated heterocycles. The zero-order valence-corrected chi connectivity index (χ0v) is 17.7. The number of hydrogen-bond donors (Lipinski definition) is 0. The molecule has 7 nitrogen and oxygen atoms in total. The molecule has 1 aliphatic rings. The molecule has 2 aromatic rings. The van der Waals surface area contributed by atoms with Gasteiger partial charge in [-0.05, 0) is 62.7 Å². The predicted octanol–water partition coefficient (Wildman–Crippen LogP) is 3.02. The van der Waals surface area contributed by atoms with Crippen LogP contribution in [0.3, 0.4) is 0 Å². The number of ether oxygens (including phenoxy) is 3. The fourth-order valence-electron chi connectivity index (χ4n) is 3.26. The van der Waals surface area contributed by atoms with Crippen LogP contribution in [0.4, 0.5) is 0 Å². The Balaban J connectivity index is 1.77. The second kappa shape index (κ2) is 8.52. The molecule has 0 amide bonds. The van der Waals surface area contributed by atoms with Crippen LogP contribution in [0.5, 0.6) is 11.5 Å². The molecular formula is C21H25NO6S. The molecule has 29 heavy (non-hydrogen) atoms. The van der Waals surface area contributed by atoms with Gasteiger partial charge in [-0.15, -0.1) is 0 Å². The van der Waals surface area contributed by atoms with Gasteiger partial charge in [0.15, 0.2) is 11.5 Å². The summed E-state index contributed by atoms with van der Waals surface area (Å²) in [6, 6.07) is 11.0. The van der Waals surface area contributed by atoms with E-state index in [0.717, 1.165) is 5.56 Å². The molecule has 0 radical (unpaired) electrons. The predicted molar refractivity (Wildman–Crippen MR) is 108 cm³/mol. The SMILES string of the molecule is COc1cc(C)ccc1OC(=O)c1ccc(S(=O)(=O)N2C[C@@H](C)O[C@H](C)C2)cc1. The minimum absolute atomic E-state index is 0.128. The van der Waals surface area contributed by atoms with E-state index in [9.17, 15) is 13.2 Å². The molecule has 0 saturated carbocycles. The summed E-state index contributed by atoms with van der Waals surface area (Å²) in [6.45, 7) is 6.18. The Bertz CT molecular complexity index is 977. The highest BCUT2D eigenvalue weighted by Gasteiger charge is 2.32. The van der Waals surface area contributed by atoms with Gasteiger partial charge >= 0.3 is 5.97 Å². The third-order valence-electron chi connectivity index (χ3n) is 4.64. The second-order valence-corrected chi connectivity index (χ2v) is 9.09. The summed E-state index contributed by atoms with van der Waals surface area (Å²) in [6.07, 6.45) is -0.348. The summed E-state index contributed by atoms with van der Waals surface area (Å²) in [4.78, 5) is 12.6. The number of benzene rings is 2. The van der Waals surface area contributed by atoms with E-state index >= 15 is 0 Å². The Hall–Kier alpha value is -2.42. The first-order valence-electron chi connectivity index (χ1n) is 9.33. The van der Waals surface area contributed by atoms with E-state index in [4.69, 9.17) is 14.2 Å². The Kier molecular flexibility index (Phi) is 6.26. The van der Waals surface area contributed by atoms with Gasteiger partial charge in [-0.25, -0.2) is 13.2 Å². The van der Waals surface area contributed by atoms with Gasteiger partial charge in [0, 0.05) is 13.1 Å². The van der Waals surface area contributed by atoms with E-state index in [-0.39, 0.29) is 22.7 Å². The summed E-state index contributed by atoms with van der Waals surface area (Å²) in [7, 11) is -2.16.